The lowest BCUT2D eigenvalue weighted by molar-refractivity contribution is 0.0146. The molecule has 30 heavy (non-hydrogen) atoms. The molecule has 4 rings (SSSR count). The third-order valence-corrected chi connectivity index (χ3v) is 5.31. The summed E-state index contributed by atoms with van der Waals surface area (Å²) in [5.41, 5.74) is 2.25. The first-order valence-corrected chi connectivity index (χ1v) is 9.79. The fourth-order valence-electron chi connectivity index (χ4n) is 3.79. The molecule has 6 heteroatoms. The van der Waals surface area contributed by atoms with Crippen molar-refractivity contribution in [2.24, 2.45) is 0 Å². The lowest BCUT2D eigenvalue weighted by Gasteiger charge is -2.27. The molecule has 1 amide bonds. The standard InChI is InChI=1S/C24H22FNO4/c25-18-9-11-19(12-10-18)26-22(17-7-13-20(27)14-8-17)23(30-24(26)29)21(28)15-6-16-4-2-1-3-5-16/h1-5,7-14,21-23,27-28H,6,15H2/t21-,22-,23-/m1/s1. The van der Waals surface area contributed by atoms with Gasteiger partial charge in [0.1, 0.15) is 17.6 Å². The van der Waals surface area contributed by atoms with Crippen LogP contribution in [0.15, 0.2) is 78.9 Å². The Balaban J connectivity index is 1.63. The molecular weight excluding hydrogens is 385 g/mol. The van der Waals surface area contributed by atoms with E-state index in [9.17, 15) is 19.4 Å². The SMILES string of the molecule is O=C1O[C@H]([C@H](O)CCc2ccccc2)[C@@H](c2ccc(O)cc2)N1c1ccc(F)cc1. The zero-order valence-electron chi connectivity index (χ0n) is 16.2. The highest BCUT2D eigenvalue weighted by molar-refractivity contribution is 5.91. The zero-order chi connectivity index (χ0) is 21.1. The van der Waals surface area contributed by atoms with Gasteiger partial charge >= 0.3 is 6.09 Å². The Bertz CT molecular complexity index is 992. The maximum atomic E-state index is 13.4. The van der Waals surface area contributed by atoms with Crippen molar-refractivity contribution in [1.82, 2.24) is 0 Å². The first kappa shape index (κ1) is 19.9. The van der Waals surface area contributed by atoms with Crippen molar-refractivity contribution in [2.75, 3.05) is 4.90 Å². The van der Waals surface area contributed by atoms with Gasteiger partial charge < -0.3 is 14.9 Å². The van der Waals surface area contributed by atoms with Crippen LogP contribution in [0.25, 0.3) is 0 Å². The van der Waals surface area contributed by atoms with Crippen LogP contribution in [0.5, 0.6) is 5.75 Å². The predicted molar refractivity (Wildman–Crippen MR) is 111 cm³/mol. The number of amides is 1. The second-order valence-corrected chi connectivity index (χ2v) is 7.32. The van der Waals surface area contributed by atoms with E-state index in [2.05, 4.69) is 0 Å². The van der Waals surface area contributed by atoms with E-state index in [-0.39, 0.29) is 5.75 Å². The van der Waals surface area contributed by atoms with Gasteiger partial charge in [0.15, 0.2) is 6.10 Å². The van der Waals surface area contributed by atoms with E-state index >= 15 is 0 Å². The molecule has 3 aromatic carbocycles. The summed E-state index contributed by atoms with van der Waals surface area (Å²) in [6.07, 6.45) is -1.28. The quantitative estimate of drug-likeness (QED) is 0.627. The lowest BCUT2D eigenvalue weighted by Crippen LogP contribution is -2.35. The number of aromatic hydroxyl groups is 1. The van der Waals surface area contributed by atoms with Crippen molar-refractivity contribution >= 4 is 11.8 Å². The number of aryl methyl sites for hydroxylation is 1. The molecule has 0 aromatic heterocycles. The van der Waals surface area contributed by atoms with Crippen LogP contribution in [0.2, 0.25) is 0 Å². The number of rotatable bonds is 6. The van der Waals surface area contributed by atoms with Gasteiger partial charge in [-0.05, 0) is 60.4 Å². The summed E-state index contributed by atoms with van der Waals surface area (Å²) in [5, 5.41) is 20.6. The van der Waals surface area contributed by atoms with Crippen LogP contribution in [-0.2, 0) is 11.2 Å². The summed E-state index contributed by atoms with van der Waals surface area (Å²) in [6.45, 7) is 0. The van der Waals surface area contributed by atoms with Crippen LogP contribution >= 0.6 is 0 Å². The number of hydrogen-bond donors (Lipinski definition) is 2. The van der Waals surface area contributed by atoms with E-state index in [1.54, 1.807) is 12.1 Å². The van der Waals surface area contributed by atoms with Gasteiger partial charge in [-0.1, -0.05) is 42.5 Å². The molecule has 0 unspecified atom stereocenters. The average molecular weight is 407 g/mol. The Kier molecular flexibility index (Phi) is 5.68. The van der Waals surface area contributed by atoms with Crippen molar-refractivity contribution in [2.45, 2.75) is 31.1 Å². The van der Waals surface area contributed by atoms with Gasteiger partial charge in [0, 0.05) is 5.69 Å². The maximum Gasteiger partial charge on any atom is 0.415 e. The zero-order valence-corrected chi connectivity index (χ0v) is 16.2. The van der Waals surface area contributed by atoms with Crippen molar-refractivity contribution < 1.29 is 24.1 Å². The summed E-state index contributed by atoms with van der Waals surface area (Å²) in [4.78, 5) is 14.2. The first-order chi connectivity index (χ1) is 14.5. The normalized spacial score (nSPS) is 19.5. The van der Waals surface area contributed by atoms with Crippen LogP contribution in [0.1, 0.15) is 23.6 Å². The number of hydrogen-bond acceptors (Lipinski definition) is 4. The molecule has 1 aliphatic heterocycles. The van der Waals surface area contributed by atoms with E-state index in [1.165, 1.54) is 41.3 Å². The summed E-state index contributed by atoms with van der Waals surface area (Å²) >= 11 is 0. The smallest absolute Gasteiger partial charge is 0.415 e. The number of carbonyl (C=O) groups is 1. The van der Waals surface area contributed by atoms with E-state index in [1.807, 2.05) is 30.3 Å². The van der Waals surface area contributed by atoms with E-state index in [0.29, 0.717) is 24.1 Å². The third kappa shape index (κ3) is 4.14. The number of benzene rings is 3. The number of halogens is 1. The van der Waals surface area contributed by atoms with Crippen LogP contribution in [0.3, 0.4) is 0 Å². The van der Waals surface area contributed by atoms with Crippen LogP contribution < -0.4 is 4.90 Å². The molecule has 1 aliphatic rings. The molecule has 0 aliphatic carbocycles. The fraction of sp³-hybridized carbons (Fsp3) is 0.208. The van der Waals surface area contributed by atoms with Crippen LogP contribution in [0.4, 0.5) is 14.9 Å². The summed E-state index contributed by atoms with van der Waals surface area (Å²) < 4.78 is 19.0. The van der Waals surface area contributed by atoms with Gasteiger partial charge in [-0.25, -0.2) is 9.18 Å². The molecule has 0 radical (unpaired) electrons. The maximum absolute atomic E-state index is 13.4. The fourth-order valence-corrected chi connectivity index (χ4v) is 3.79. The molecule has 3 aromatic rings. The van der Waals surface area contributed by atoms with Crippen molar-refractivity contribution in [3.8, 4) is 5.75 Å². The van der Waals surface area contributed by atoms with Gasteiger partial charge in [-0.2, -0.15) is 0 Å². The van der Waals surface area contributed by atoms with Gasteiger partial charge in [0.25, 0.3) is 0 Å². The minimum atomic E-state index is -0.904. The van der Waals surface area contributed by atoms with E-state index < -0.39 is 30.2 Å². The number of aliphatic hydroxyl groups excluding tert-OH is 1. The molecular formula is C24H22FNO4. The largest absolute Gasteiger partial charge is 0.508 e. The topological polar surface area (TPSA) is 70.0 Å². The Morgan fingerprint density at radius 3 is 2.30 bits per heavy atom. The number of nitrogens with zero attached hydrogens (tertiary/aromatic N) is 1. The van der Waals surface area contributed by atoms with Crippen LogP contribution in [-0.4, -0.2) is 28.5 Å². The second kappa shape index (κ2) is 8.55. The van der Waals surface area contributed by atoms with Gasteiger partial charge in [-0.15, -0.1) is 0 Å². The lowest BCUT2D eigenvalue weighted by atomic mass is 9.93. The Labute approximate surface area is 174 Å². The summed E-state index contributed by atoms with van der Waals surface area (Å²) in [5.74, 6) is -0.314. The average Bonchev–Trinajstić information content (AvgIpc) is 3.11. The number of cyclic esters (lactones) is 1. The molecule has 1 fully saturated rings. The number of carbonyl (C=O) groups excluding carboxylic acids is 1. The monoisotopic (exact) mass is 407 g/mol. The number of anilines is 1. The minimum absolute atomic E-state index is 0.0958. The molecule has 0 saturated carbocycles. The number of aliphatic hydroxyl groups is 1. The number of phenolic OH excluding ortho intramolecular Hbond substituents is 1. The van der Waals surface area contributed by atoms with Crippen molar-refractivity contribution in [3.63, 3.8) is 0 Å². The van der Waals surface area contributed by atoms with Gasteiger partial charge in [0.2, 0.25) is 0 Å². The molecule has 154 valence electrons. The number of ether oxygens (including phenoxy) is 1. The Morgan fingerprint density at radius 2 is 1.63 bits per heavy atom. The van der Waals surface area contributed by atoms with Gasteiger partial charge in [-0.3, -0.25) is 4.90 Å². The Morgan fingerprint density at radius 1 is 0.967 bits per heavy atom. The highest BCUT2D eigenvalue weighted by Crippen LogP contribution is 2.40. The molecule has 3 atom stereocenters. The van der Waals surface area contributed by atoms with Crippen molar-refractivity contribution in [3.05, 3.63) is 95.8 Å². The summed E-state index contributed by atoms with van der Waals surface area (Å²) in [6, 6.07) is 21.1. The molecule has 0 spiro atoms. The predicted octanol–water partition coefficient (Wildman–Crippen LogP) is 4.59. The van der Waals surface area contributed by atoms with Crippen molar-refractivity contribution in [1.29, 1.82) is 0 Å². The van der Waals surface area contributed by atoms with Gasteiger partial charge in [0.05, 0.1) is 6.10 Å². The second-order valence-electron chi connectivity index (χ2n) is 7.32. The van der Waals surface area contributed by atoms with E-state index in [0.717, 1.165) is 5.56 Å². The highest BCUT2D eigenvalue weighted by Gasteiger charge is 2.46. The Hall–Kier alpha value is -3.38. The molecule has 0 bridgehead atoms. The first-order valence-electron chi connectivity index (χ1n) is 9.79. The molecule has 1 saturated heterocycles. The van der Waals surface area contributed by atoms with E-state index in [4.69, 9.17) is 4.74 Å². The summed E-state index contributed by atoms with van der Waals surface area (Å²) in [7, 11) is 0. The molecule has 5 nitrogen and oxygen atoms in total. The third-order valence-electron chi connectivity index (χ3n) is 5.31. The highest BCUT2D eigenvalue weighted by atomic mass is 19.1. The number of phenols is 1. The molecule has 1 heterocycles. The minimum Gasteiger partial charge on any atom is -0.508 e. The molecule has 2 N–H and O–H groups in total. The van der Waals surface area contributed by atoms with Crippen LogP contribution in [0, 0.1) is 5.82 Å².